The molecule has 3 rings (SSSR count). The Balaban J connectivity index is 1.84. The molecule has 0 radical (unpaired) electrons. The van der Waals surface area contributed by atoms with Crippen molar-refractivity contribution in [3.05, 3.63) is 35.0 Å². The number of H-pyrrole nitrogens is 1. The molecule has 1 aliphatic rings. The first-order valence-corrected chi connectivity index (χ1v) is 7.23. The van der Waals surface area contributed by atoms with Crippen molar-refractivity contribution < 1.29 is 9.90 Å². The fourth-order valence-corrected chi connectivity index (χ4v) is 2.96. The van der Waals surface area contributed by atoms with Crippen LogP contribution in [0.25, 0.3) is 10.9 Å². The molecule has 0 spiro atoms. The number of likely N-dealkylation sites (tertiary alicyclic amines) is 1. The Hall–Kier alpha value is -1.52. The summed E-state index contributed by atoms with van der Waals surface area (Å²) in [6.07, 6.45) is 1.94. The maximum atomic E-state index is 12.5. The molecule has 106 valence electrons. The van der Waals surface area contributed by atoms with Crippen molar-refractivity contribution in [2.75, 3.05) is 19.7 Å². The van der Waals surface area contributed by atoms with Gasteiger partial charge in [-0.3, -0.25) is 4.79 Å². The number of rotatable bonds is 2. The second-order valence-corrected chi connectivity index (χ2v) is 5.79. The second kappa shape index (κ2) is 5.46. The van der Waals surface area contributed by atoms with Gasteiger partial charge in [-0.15, -0.1) is 0 Å². The SMILES string of the molecule is O=C(c1cc2ccc(Cl)cc2[nH]1)N1CCCC(CO)C1. The normalized spacial score (nSPS) is 19.5. The van der Waals surface area contributed by atoms with E-state index < -0.39 is 0 Å². The molecule has 4 nitrogen and oxygen atoms in total. The molecule has 1 aromatic carbocycles. The second-order valence-electron chi connectivity index (χ2n) is 5.36. The fourth-order valence-electron chi connectivity index (χ4n) is 2.78. The van der Waals surface area contributed by atoms with Crippen LogP contribution >= 0.6 is 11.6 Å². The van der Waals surface area contributed by atoms with Gasteiger partial charge in [-0.1, -0.05) is 17.7 Å². The zero-order valence-corrected chi connectivity index (χ0v) is 11.9. The minimum atomic E-state index is -0.00419. The van der Waals surface area contributed by atoms with Crippen LogP contribution in [0.2, 0.25) is 5.02 Å². The summed E-state index contributed by atoms with van der Waals surface area (Å²) in [5, 5.41) is 10.9. The number of benzene rings is 1. The first-order valence-electron chi connectivity index (χ1n) is 6.86. The van der Waals surface area contributed by atoms with Crippen LogP contribution in [0.3, 0.4) is 0 Å². The van der Waals surface area contributed by atoms with Crippen molar-refractivity contribution in [2.45, 2.75) is 12.8 Å². The monoisotopic (exact) mass is 292 g/mol. The zero-order valence-electron chi connectivity index (χ0n) is 11.1. The topological polar surface area (TPSA) is 56.3 Å². The van der Waals surface area contributed by atoms with Crippen LogP contribution in [0, 0.1) is 5.92 Å². The van der Waals surface area contributed by atoms with Crippen molar-refractivity contribution in [1.82, 2.24) is 9.88 Å². The van der Waals surface area contributed by atoms with Gasteiger partial charge in [-0.25, -0.2) is 0 Å². The number of aromatic amines is 1. The van der Waals surface area contributed by atoms with Gasteiger partial charge < -0.3 is 15.0 Å². The molecule has 0 saturated carbocycles. The van der Waals surface area contributed by atoms with Gasteiger partial charge in [0.15, 0.2) is 0 Å². The summed E-state index contributed by atoms with van der Waals surface area (Å²) in [6.45, 7) is 1.53. The fraction of sp³-hybridized carbons (Fsp3) is 0.400. The third-order valence-electron chi connectivity index (χ3n) is 3.88. The molecule has 1 fully saturated rings. The van der Waals surface area contributed by atoms with Gasteiger partial charge in [0.25, 0.3) is 5.91 Å². The standard InChI is InChI=1S/C15H17ClN2O2/c16-12-4-3-11-6-14(17-13(11)7-12)15(20)18-5-1-2-10(8-18)9-19/h3-4,6-7,10,17,19H,1-2,5,8-9H2. The molecule has 2 heterocycles. The summed E-state index contributed by atoms with van der Waals surface area (Å²) in [7, 11) is 0. The van der Waals surface area contributed by atoms with Gasteiger partial charge >= 0.3 is 0 Å². The number of aliphatic hydroxyl groups is 1. The highest BCUT2D eigenvalue weighted by atomic mass is 35.5. The number of fused-ring (bicyclic) bond motifs is 1. The van der Waals surface area contributed by atoms with Gasteiger partial charge in [0, 0.05) is 35.6 Å². The smallest absolute Gasteiger partial charge is 0.270 e. The summed E-state index contributed by atoms with van der Waals surface area (Å²) in [6, 6.07) is 7.39. The lowest BCUT2D eigenvalue weighted by Crippen LogP contribution is -2.41. The highest BCUT2D eigenvalue weighted by molar-refractivity contribution is 6.31. The van der Waals surface area contributed by atoms with Crippen molar-refractivity contribution in [2.24, 2.45) is 5.92 Å². The van der Waals surface area contributed by atoms with E-state index in [4.69, 9.17) is 11.6 Å². The Bertz CT molecular complexity index is 638. The number of hydrogen-bond donors (Lipinski definition) is 2. The molecule has 1 aliphatic heterocycles. The molecule has 1 unspecified atom stereocenters. The van der Waals surface area contributed by atoms with E-state index >= 15 is 0 Å². The number of halogens is 1. The van der Waals surface area contributed by atoms with Crippen LogP contribution in [0.4, 0.5) is 0 Å². The summed E-state index contributed by atoms with van der Waals surface area (Å²) in [5.74, 6) is 0.196. The van der Waals surface area contributed by atoms with E-state index in [1.165, 1.54) is 0 Å². The quantitative estimate of drug-likeness (QED) is 0.894. The maximum absolute atomic E-state index is 12.5. The van der Waals surface area contributed by atoms with E-state index in [9.17, 15) is 9.90 Å². The molecular weight excluding hydrogens is 276 g/mol. The van der Waals surface area contributed by atoms with E-state index in [2.05, 4.69) is 4.98 Å². The number of hydrogen-bond acceptors (Lipinski definition) is 2. The van der Waals surface area contributed by atoms with E-state index in [1.54, 1.807) is 0 Å². The lowest BCUT2D eigenvalue weighted by molar-refractivity contribution is 0.0616. The molecule has 2 aromatic rings. The summed E-state index contributed by atoms with van der Waals surface area (Å²) in [4.78, 5) is 17.4. The summed E-state index contributed by atoms with van der Waals surface area (Å²) < 4.78 is 0. The summed E-state index contributed by atoms with van der Waals surface area (Å²) >= 11 is 5.95. The van der Waals surface area contributed by atoms with Gasteiger partial charge in [-0.2, -0.15) is 0 Å². The lowest BCUT2D eigenvalue weighted by Gasteiger charge is -2.31. The molecule has 1 saturated heterocycles. The lowest BCUT2D eigenvalue weighted by atomic mass is 9.99. The number of carbonyl (C=O) groups excluding carboxylic acids is 1. The zero-order chi connectivity index (χ0) is 14.1. The van der Waals surface area contributed by atoms with Gasteiger partial charge in [-0.05, 0) is 37.0 Å². The average molecular weight is 293 g/mol. The molecule has 2 N–H and O–H groups in total. The number of amides is 1. The van der Waals surface area contributed by atoms with E-state index in [1.807, 2.05) is 29.2 Å². The van der Waals surface area contributed by atoms with E-state index in [-0.39, 0.29) is 18.4 Å². The Morgan fingerprint density at radius 2 is 2.30 bits per heavy atom. The number of nitrogens with one attached hydrogen (secondary N) is 1. The van der Waals surface area contributed by atoms with Crippen LogP contribution in [0.1, 0.15) is 23.3 Å². The number of aliphatic hydroxyl groups excluding tert-OH is 1. The third-order valence-corrected chi connectivity index (χ3v) is 4.11. The van der Waals surface area contributed by atoms with Crippen LogP contribution in [-0.2, 0) is 0 Å². The average Bonchev–Trinajstić information content (AvgIpc) is 2.89. The van der Waals surface area contributed by atoms with Crippen LogP contribution in [0.15, 0.2) is 24.3 Å². The Morgan fingerprint density at radius 3 is 3.10 bits per heavy atom. The third kappa shape index (κ3) is 2.53. The Morgan fingerprint density at radius 1 is 1.45 bits per heavy atom. The maximum Gasteiger partial charge on any atom is 0.270 e. The highest BCUT2D eigenvalue weighted by Gasteiger charge is 2.24. The van der Waals surface area contributed by atoms with Gasteiger partial charge in [0.1, 0.15) is 5.69 Å². The van der Waals surface area contributed by atoms with Crippen LogP contribution < -0.4 is 0 Å². The molecule has 1 aromatic heterocycles. The van der Waals surface area contributed by atoms with Gasteiger partial charge in [0.05, 0.1) is 0 Å². The molecule has 5 heteroatoms. The van der Waals surface area contributed by atoms with E-state index in [0.29, 0.717) is 17.3 Å². The highest BCUT2D eigenvalue weighted by Crippen LogP contribution is 2.22. The first kappa shape index (κ1) is 13.5. The molecule has 0 bridgehead atoms. The molecule has 1 amide bonds. The Kier molecular flexibility index (Phi) is 3.68. The molecule has 1 atom stereocenters. The van der Waals surface area contributed by atoms with Crippen molar-refractivity contribution >= 4 is 28.4 Å². The van der Waals surface area contributed by atoms with Crippen molar-refractivity contribution in [3.63, 3.8) is 0 Å². The Labute approximate surface area is 122 Å². The molecular formula is C15H17ClN2O2. The predicted octanol–water partition coefficient (Wildman–Crippen LogP) is 2.67. The molecule has 0 aliphatic carbocycles. The van der Waals surface area contributed by atoms with E-state index in [0.717, 1.165) is 30.3 Å². The number of nitrogens with zero attached hydrogens (tertiary/aromatic N) is 1. The van der Waals surface area contributed by atoms with Crippen LogP contribution in [-0.4, -0.2) is 40.6 Å². The van der Waals surface area contributed by atoms with Gasteiger partial charge in [0.2, 0.25) is 0 Å². The number of piperidine rings is 1. The van der Waals surface area contributed by atoms with Crippen LogP contribution in [0.5, 0.6) is 0 Å². The summed E-state index contributed by atoms with van der Waals surface area (Å²) in [5.41, 5.74) is 1.46. The predicted molar refractivity (Wildman–Crippen MR) is 79.0 cm³/mol. The minimum absolute atomic E-state index is 0.00419. The van der Waals surface area contributed by atoms with Crippen molar-refractivity contribution in [3.8, 4) is 0 Å². The van der Waals surface area contributed by atoms with Crippen molar-refractivity contribution in [1.29, 1.82) is 0 Å². The number of aromatic nitrogens is 1. The first-order chi connectivity index (χ1) is 9.67. The minimum Gasteiger partial charge on any atom is -0.396 e. The largest absolute Gasteiger partial charge is 0.396 e. The number of carbonyl (C=O) groups is 1. The molecule has 20 heavy (non-hydrogen) atoms.